The van der Waals surface area contributed by atoms with E-state index in [4.69, 9.17) is 4.74 Å². The highest BCUT2D eigenvalue weighted by atomic mass is 32.2. The standard InChI is InChI=1S/C5H10OS/c1-5-6-3-2-4-7-5/h5H,2-4H2,1H3/t5-/m0/s1. The van der Waals surface area contributed by atoms with Gasteiger partial charge in [-0.2, -0.15) is 0 Å². The van der Waals surface area contributed by atoms with E-state index < -0.39 is 0 Å². The van der Waals surface area contributed by atoms with Crippen LogP contribution in [-0.4, -0.2) is 17.8 Å². The van der Waals surface area contributed by atoms with Gasteiger partial charge in [-0.25, -0.2) is 0 Å². The molecule has 0 N–H and O–H groups in total. The SMILES string of the molecule is C[C@H]1OCCCS1. The predicted molar refractivity (Wildman–Crippen MR) is 32.5 cm³/mol. The molecule has 1 heterocycles. The van der Waals surface area contributed by atoms with Crippen molar-refractivity contribution in [3.63, 3.8) is 0 Å². The molecular weight excluding hydrogens is 108 g/mol. The molecule has 0 radical (unpaired) electrons. The summed E-state index contributed by atoms with van der Waals surface area (Å²) in [5.74, 6) is 1.28. The van der Waals surface area contributed by atoms with Crippen LogP contribution in [0.2, 0.25) is 0 Å². The first-order valence-electron chi connectivity index (χ1n) is 2.63. The Morgan fingerprint density at radius 1 is 1.71 bits per heavy atom. The minimum atomic E-state index is 0.453. The van der Waals surface area contributed by atoms with Gasteiger partial charge in [0.05, 0.1) is 5.44 Å². The zero-order valence-corrected chi connectivity index (χ0v) is 5.33. The summed E-state index contributed by atoms with van der Waals surface area (Å²) in [6, 6.07) is 0. The zero-order chi connectivity index (χ0) is 5.11. The van der Waals surface area contributed by atoms with Crippen molar-refractivity contribution in [1.29, 1.82) is 0 Å². The molecule has 2 heteroatoms. The minimum Gasteiger partial charge on any atom is -0.368 e. The van der Waals surface area contributed by atoms with E-state index in [2.05, 4.69) is 6.92 Å². The van der Waals surface area contributed by atoms with Crippen LogP contribution in [0.15, 0.2) is 0 Å². The van der Waals surface area contributed by atoms with Crippen molar-refractivity contribution in [3.8, 4) is 0 Å². The second-order valence-corrected chi connectivity index (χ2v) is 3.07. The lowest BCUT2D eigenvalue weighted by atomic mass is 10.5. The lowest BCUT2D eigenvalue weighted by Crippen LogP contribution is -2.11. The second-order valence-electron chi connectivity index (χ2n) is 1.66. The summed E-state index contributed by atoms with van der Waals surface area (Å²) in [7, 11) is 0. The van der Waals surface area contributed by atoms with E-state index >= 15 is 0 Å². The van der Waals surface area contributed by atoms with Gasteiger partial charge < -0.3 is 4.74 Å². The first kappa shape index (κ1) is 5.45. The molecule has 0 unspecified atom stereocenters. The molecule has 0 saturated carbocycles. The fourth-order valence-corrected chi connectivity index (χ4v) is 1.41. The summed E-state index contributed by atoms with van der Waals surface area (Å²) in [4.78, 5) is 0. The van der Waals surface area contributed by atoms with Gasteiger partial charge in [-0.3, -0.25) is 0 Å². The summed E-state index contributed by atoms with van der Waals surface area (Å²) in [6.07, 6.45) is 1.23. The Bertz CT molecular complexity index is 50.0. The molecule has 42 valence electrons. The molecule has 1 saturated heterocycles. The predicted octanol–water partition coefficient (Wildman–Crippen LogP) is 1.49. The Morgan fingerprint density at radius 3 is 2.86 bits per heavy atom. The van der Waals surface area contributed by atoms with E-state index in [-0.39, 0.29) is 0 Å². The third-order valence-corrected chi connectivity index (χ3v) is 2.12. The van der Waals surface area contributed by atoms with Crippen LogP contribution in [0, 0.1) is 0 Å². The van der Waals surface area contributed by atoms with Crippen molar-refractivity contribution in [3.05, 3.63) is 0 Å². The fraction of sp³-hybridized carbons (Fsp3) is 1.00. The van der Waals surface area contributed by atoms with Crippen LogP contribution < -0.4 is 0 Å². The normalized spacial score (nSPS) is 33.0. The largest absolute Gasteiger partial charge is 0.368 e. The van der Waals surface area contributed by atoms with Gasteiger partial charge in [0.15, 0.2) is 0 Å². The van der Waals surface area contributed by atoms with Crippen LogP contribution in [0.25, 0.3) is 0 Å². The maximum absolute atomic E-state index is 5.24. The van der Waals surface area contributed by atoms with Gasteiger partial charge in [0.2, 0.25) is 0 Å². The van der Waals surface area contributed by atoms with E-state index in [0.717, 1.165) is 6.61 Å². The van der Waals surface area contributed by atoms with Crippen LogP contribution in [-0.2, 0) is 4.74 Å². The molecule has 0 spiro atoms. The third kappa shape index (κ3) is 1.70. The maximum Gasteiger partial charge on any atom is 0.0999 e. The number of rotatable bonds is 0. The third-order valence-electron chi connectivity index (χ3n) is 0.994. The summed E-state index contributed by atoms with van der Waals surface area (Å²) >= 11 is 1.90. The molecule has 0 aromatic heterocycles. The molecule has 0 aromatic carbocycles. The molecule has 1 aliphatic rings. The van der Waals surface area contributed by atoms with Gasteiger partial charge in [-0.05, 0) is 19.1 Å². The van der Waals surface area contributed by atoms with Crippen molar-refractivity contribution >= 4 is 11.8 Å². The average molecular weight is 118 g/mol. The van der Waals surface area contributed by atoms with Crippen LogP contribution >= 0.6 is 11.8 Å². The summed E-state index contributed by atoms with van der Waals surface area (Å²) in [6.45, 7) is 3.07. The summed E-state index contributed by atoms with van der Waals surface area (Å²) in [5.41, 5.74) is 0.453. The topological polar surface area (TPSA) is 9.23 Å². The Hall–Kier alpha value is 0.310. The quantitative estimate of drug-likeness (QED) is 0.476. The van der Waals surface area contributed by atoms with E-state index in [1.54, 1.807) is 0 Å². The Balaban J connectivity index is 2.12. The molecule has 0 aromatic rings. The highest BCUT2D eigenvalue weighted by molar-refractivity contribution is 7.99. The van der Waals surface area contributed by atoms with E-state index in [0.29, 0.717) is 5.44 Å². The molecule has 1 atom stereocenters. The van der Waals surface area contributed by atoms with Crippen molar-refractivity contribution in [2.24, 2.45) is 0 Å². The maximum atomic E-state index is 5.24. The average Bonchev–Trinajstić information content (AvgIpc) is 1.69. The molecular formula is C5H10OS. The van der Waals surface area contributed by atoms with Gasteiger partial charge in [-0.15, -0.1) is 11.8 Å². The van der Waals surface area contributed by atoms with E-state index in [1.165, 1.54) is 12.2 Å². The second kappa shape index (κ2) is 2.58. The molecule has 0 amide bonds. The Kier molecular flexibility index (Phi) is 2.00. The van der Waals surface area contributed by atoms with E-state index in [9.17, 15) is 0 Å². The molecule has 1 aliphatic heterocycles. The number of ether oxygens (including phenoxy) is 1. The summed E-state index contributed by atoms with van der Waals surface area (Å²) in [5, 5.41) is 0. The lowest BCUT2D eigenvalue weighted by Gasteiger charge is -2.16. The Labute approximate surface area is 48.4 Å². The Morgan fingerprint density at radius 2 is 2.57 bits per heavy atom. The molecule has 1 rings (SSSR count). The van der Waals surface area contributed by atoms with Crippen LogP contribution in [0.5, 0.6) is 0 Å². The van der Waals surface area contributed by atoms with Crippen LogP contribution in [0.4, 0.5) is 0 Å². The zero-order valence-electron chi connectivity index (χ0n) is 4.52. The first-order chi connectivity index (χ1) is 3.39. The van der Waals surface area contributed by atoms with Crippen molar-refractivity contribution < 1.29 is 4.74 Å². The van der Waals surface area contributed by atoms with Crippen LogP contribution in [0.3, 0.4) is 0 Å². The number of hydrogen-bond acceptors (Lipinski definition) is 2. The first-order valence-corrected chi connectivity index (χ1v) is 3.67. The molecule has 7 heavy (non-hydrogen) atoms. The monoisotopic (exact) mass is 118 g/mol. The fourth-order valence-electron chi connectivity index (χ4n) is 0.606. The van der Waals surface area contributed by atoms with Gasteiger partial charge in [0, 0.05) is 6.61 Å². The van der Waals surface area contributed by atoms with Gasteiger partial charge in [-0.1, -0.05) is 0 Å². The number of thioether (sulfide) groups is 1. The summed E-state index contributed by atoms with van der Waals surface area (Å²) < 4.78 is 5.24. The highest BCUT2D eigenvalue weighted by Crippen LogP contribution is 2.17. The number of hydrogen-bond donors (Lipinski definition) is 0. The van der Waals surface area contributed by atoms with Crippen molar-refractivity contribution in [1.82, 2.24) is 0 Å². The minimum absolute atomic E-state index is 0.453. The van der Waals surface area contributed by atoms with E-state index in [1.807, 2.05) is 11.8 Å². The van der Waals surface area contributed by atoms with Gasteiger partial charge in [0.1, 0.15) is 0 Å². The smallest absolute Gasteiger partial charge is 0.0999 e. The highest BCUT2D eigenvalue weighted by Gasteiger charge is 2.06. The van der Waals surface area contributed by atoms with Crippen molar-refractivity contribution in [2.75, 3.05) is 12.4 Å². The molecule has 1 fully saturated rings. The lowest BCUT2D eigenvalue weighted by molar-refractivity contribution is 0.117. The molecule has 0 aliphatic carbocycles. The van der Waals surface area contributed by atoms with Crippen LogP contribution in [0.1, 0.15) is 13.3 Å². The molecule has 0 bridgehead atoms. The van der Waals surface area contributed by atoms with Gasteiger partial charge >= 0.3 is 0 Å². The van der Waals surface area contributed by atoms with Gasteiger partial charge in [0.25, 0.3) is 0 Å². The molecule has 1 nitrogen and oxygen atoms in total. The van der Waals surface area contributed by atoms with Crippen molar-refractivity contribution in [2.45, 2.75) is 18.8 Å².